The zero-order valence-electron chi connectivity index (χ0n) is 15.5. The molecule has 0 unspecified atom stereocenters. The van der Waals surface area contributed by atoms with Gasteiger partial charge >= 0.3 is 0 Å². The molecule has 0 atom stereocenters. The van der Waals surface area contributed by atoms with Crippen LogP contribution in [-0.4, -0.2) is 18.4 Å². The lowest BCUT2D eigenvalue weighted by atomic mass is 10.1. The van der Waals surface area contributed by atoms with Crippen LogP contribution in [0.3, 0.4) is 0 Å². The van der Waals surface area contributed by atoms with Crippen LogP contribution in [0.25, 0.3) is 10.4 Å². The zero-order chi connectivity index (χ0) is 20.1. The molecule has 0 fully saturated rings. The minimum absolute atomic E-state index is 0.0372. The molecule has 0 radical (unpaired) electrons. The number of thiophene rings is 1. The van der Waals surface area contributed by atoms with Crippen molar-refractivity contribution in [1.29, 1.82) is 0 Å². The third-order valence-electron chi connectivity index (χ3n) is 4.10. The Balaban J connectivity index is 1.51. The number of nitrogens with one attached hydrogen (secondary N) is 3. The van der Waals surface area contributed by atoms with E-state index < -0.39 is 5.91 Å². The van der Waals surface area contributed by atoms with Crippen molar-refractivity contribution in [2.75, 3.05) is 11.9 Å². The fourth-order valence-corrected chi connectivity index (χ4v) is 3.56. The Kier molecular flexibility index (Phi) is 6.06. The molecule has 0 aliphatic rings. The van der Waals surface area contributed by atoms with Gasteiger partial charge < -0.3 is 5.32 Å². The molecule has 3 N–H and O–H groups in total. The Hall–Kier alpha value is -3.19. The molecule has 2 amide bonds. The number of anilines is 1. The summed E-state index contributed by atoms with van der Waals surface area (Å²) in [7, 11) is 0. The van der Waals surface area contributed by atoms with E-state index in [0.29, 0.717) is 4.88 Å². The molecule has 2 aromatic carbocycles. The largest absolute Gasteiger partial charge is 0.376 e. The normalized spacial score (nSPS) is 10.4. The van der Waals surface area contributed by atoms with Crippen molar-refractivity contribution in [3.8, 4) is 10.4 Å². The summed E-state index contributed by atoms with van der Waals surface area (Å²) >= 11 is 1.26. The van der Waals surface area contributed by atoms with Gasteiger partial charge in [-0.3, -0.25) is 20.4 Å². The molecule has 1 heterocycles. The van der Waals surface area contributed by atoms with Gasteiger partial charge in [-0.25, -0.2) is 4.39 Å². The molecule has 1 aromatic heterocycles. The monoisotopic (exact) mass is 397 g/mol. The summed E-state index contributed by atoms with van der Waals surface area (Å²) in [4.78, 5) is 25.5. The van der Waals surface area contributed by atoms with Gasteiger partial charge in [-0.1, -0.05) is 29.8 Å². The van der Waals surface area contributed by atoms with E-state index in [0.717, 1.165) is 27.3 Å². The molecule has 0 saturated heterocycles. The summed E-state index contributed by atoms with van der Waals surface area (Å²) in [5, 5.41) is 3.04. The average molecular weight is 397 g/mol. The smallest absolute Gasteiger partial charge is 0.279 e. The maximum atomic E-state index is 13.0. The molecule has 0 aliphatic carbocycles. The van der Waals surface area contributed by atoms with Crippen molar-refractivity contribution < 1.29 is 14.0 Å². The van der Waals surface area contributed by atoms with E-state index in [9.17, 15) is 14.0 Å². The molecular weight excluding hydrogens is 377 g/mol. The third-order valence-corrected chi connectivity index (χ3v) is 5.23. The van der Waals surface area contributed by atoms with E-state index in [1.165, 1.54) is 23.5 Å². The van der Waals surface area contributed by atoms with Gasteiger partial charge in [-0.2, -0.15) is 0 Å². The number of hydrazine groups is 1. The highest BCUT2D eigenvalue weighted by molar-refractivity contribution is 7.17. The minimum Gasteiger partial charge on any atom is -0.376 e. The summed E-state index contributed by atoms with van der Waals surface area (Å²) < 4.78 is 13.0. The van der Waals surface area contributed by atoms with Gasteiger partial charge in [0.15, 0.2) is 0 Å². The first kappa shape index (κ1) is 19.6. The van der Waals surface area contributed by atoms with Crippen LogP contribution in [0.4, 0.5) is 10.1 Å². The molecular formula is C21H20FN3O2S. The summed E-state index contributed by atoms with van der Waals surface area (Å²) in [6.07, 6.45) is 0. The molecule has 7 heteroatoms. The standard InChI is InChI=1S/C21H20FN3O2S/c1-13-3-8-17(14(2)11-13)23-12-20(26)24-25-21(27)19-10-9-18(28-19)15-4-6-16(22)7-5-15/h3-11,23H,12H2,1-2H3,(H,24,26)(H,25,27). The Morgan fingerprint density at radius 1 is 0.964 bits per heavy atom. The van der Waals surface area contributed by atoms with E-state index in [-0.39, 0.29) is 18.3 Å². The third kappa shape index (κ3) is 4.95. The van der Waals surface area contributed by atoms with Crippen molar-refractivity contribution >= 4 is 28.8 Å². The van der Waals surface area contributed by atoms with Crippen molar-refractivity contribution in [2.24, 2.45) is 0 Å². The van der Waals surface area contributed by atoms with Gasteiger partial charge in [0.05, 0.1) is 11.4 Å². The Morgan fingerprint density at radius 2 is 1.71 bits per heavy atom. The fourth-order valence-electron chi connectivity index (χ4n) is 2.65. The molecule has 3 aromatic rings. The average Bonchev–Trinajstić information content (AvgIpc) is 3.16. The molecule has 28 heavy (non-hydrogen) atoms. The number of rotatable bonds is 5. The van der Waals surface area contributed by atoms with E-state index in [1.54, 1.807) is 24.3 Å². The molecule has 0 saturated carbocycles. The van der Waals surface area contributed by atoms with Crippen LogP contribution >= 0.6 is 11.3 Å². The fraction of sp³-hybridized carbons (Fsp3) is 0.143. The predicted molar refractivity (Wildman–Crippen MR) is 110 cm³/mol. The Bertz CT molecular complexity index is 999. The first-order valence-corrected chi connectivity index (χ1v) is 9.50. The summed E-state index contributed by atoms with van der Waals surface area (Å²) in [5.41, 5.74) is 8.69. The maximum absolute atomic E-state index is 13.0. The van der Waals surface area contributed by atoms with Crippen molar-refractivity contribution in [3.63, 3.8) is 0 Å². The quantitative estimate of drug-likeness (QED) is 0.569. The highest BCUT2D eigenvalue weighted by Crippen LogP contribution is 2.28. The first-order valence-electron chi connectivity index (χ1n) is 8.68. The highest BCUT2D eigenvalue weighted by atomic mass is 32.1. The number of hydrogen-bond acceptors (Lipinski definition) is 4. The van der Waals surface area contributed by atoms with E-state index in [1.807, 2.05) is 32.0 Å². The minimum atomic E-state index is -0.404. The van der Waals surface area contributed by atoms with Gasteiger partial charge in [0.2, 0.25) is 0 Å². The molecule has 0 spiro atoms. The summed E-state index contributed by atoms with van der Waals surface area (Å²) in [6, 6.07) is 15.4. The van der Waals surface area contributed by atoms with Crippen LogP contribution in [-0.2, 0) is 4.79 Å². The van der Waals surface area contributed by atoms with E-state index in [2.05, 4.69) is 16.2 Å². The van der Waals surface area contributed by atoms with Crippen molar-refractivity contribution in [1.82, 2.24) is 10.9 Å². The molecule has 5 nitrogen and oxygen atoms in total. The maximum Gasteiger partial charge on any atom is 0.279 e. The number of benzene rings is 2. The van der Waals surface area contributed by atoms with Crippen molar-refractivity contribution in [3.05, 3.63) is 76.4 Å². The van der Waals surface area contributed by atoms with Gasteiger partial charge in [0.1, 0.15) is 5.82 Å². The van der Waals surface area contributed by atoms with Gasteiger partial charge in [-0.15, -0.1) is 11.3 Å². The number of aryl methyl sites for hydroxylation is 2. The van der Waals surface area contributed by atoms with Crippen LogP contribution in [0, 0.1) is 19.7 Å². The second kappa shape index (κ2) is 8.67. The van der Waals surface area contributed by atoms with E-state index >= 15 is 0 Å². The molecule has 144 valence electrons. The van der Waals surface area contributed by atoms with Crippen LogP contribution in [0.5, 0.6) is 0 Å². The zero-order valence-corrected chi connectivity index (χ0v) is 16.3. The predicted octanol–water partition coefficient (Wildman–Crippen LogP) is 4.04. The lowest BCUT2D eigenvalue weighted by Crippen LogP contribution is -2.43. The molecule has 0 aliphatic heterocycles. The van der Waals surface area contributed by atoms with E-state index in [4.69, 9.17) is 0 Å². The summed E-state index contributed by atoms with van der Waals surface area (Å²) in [6.45, 7) is 4.01. The van der Waals surface area contributed by atoms with Crippen LogP contribution in [0.2, 0.25) is 0 Å². The van der Waals surface area contributed by atoms with Gasteiger partial charge in [-0.05, 0) is 55.3 Å². The number of carbonyl (C=O) groups excluding carboxylic acids is 2. The second-order valence-electron chi connectivity index (χ2n) is 6.35. The lowest BCUT2D eigenvalue weighted by molar-refractivity contribution is -0.120. The van der Waals surface area contributed by atoms with Crippen LogP contribution < -0.4 is 16.2 Å². The first-order chi connectivity index (χ1) is 13.4. The number of halogens is 1. The highest BCUT2D eigenvalue weighted by Gasteiger charge is 2.11. The SMILES string of the molecule is Cc1ccc(NCC(=O)NNC(=O)c2ccc(-c3ccc(F)cc3)s2)c(C)c1. The Morgan fingerprint density at radius 3 is 2.43 bits per heavy atom. The number of amides is 2. The van der Waals surface area contributed by atoms with Crippen LogP contribution in [0.1, 0.15) is 20.8 Å². The van der Waals surface area contributed by atoms with Gasteiger partial charge in [0, 0.05) is 10.6 Å². The Labute approximate surface area is 166 Å². The second-order valence-corrected chi connectivity index (χ2v) is 7.43. The topological polar surface area (TPSA) is 70.2 Å². The van der Waals surface area contributed by atoms with Crippen molar-refractivity contribution in [2.45, 2.75) is 13.8 Å². The summed E-state index contributed by atoms with van der Waals surface area (Å²) in [5.74, 6) is -1.07. The number of hydrogen-bond donors (Lipinski definition) is 3. The van der Waals surface area contributed by atoms with Gasteiger partial charge in [0.25, 0.3) is 11.8 Å². The molecule has 0 bridgehead atoms. The lowest BCUT2D eigenvalue weighted by Gasteiger charge is -2.11. The number of carbonyl (C=O) groups is 2. The molecule has 3 rings (SSSR count). The van der Waals surface area contributed by atoms with Crippen LogP contribution in [0.15, 0.2) is 54.6 Å².